The lowest BCUT2D eigenvalue weighted by Gasteiger charge is -2.31. The van der Waals surface area contributed by atoms with E-state index >= 15 is 0 Å². The first kappa shape index (κ1) is 49.6. The summed E-state index contributed by atoms with van der Waals surface area (Å²) in [5.41, 5.74) is 16.2. The summed E-state index contributed by atoms with van der Waals surface area (Å²) in [6, 6.07) is -9.53. The Hall–Kier alpha value is -5.58. The second-order valence-electron chi connectivity index (χ2n) is 14.9. The maximum absolute atomic E-state index is 14.1. The smallest absolute Gasteiger partial charge is 0.326 e. The lowest BCUT2D eigenvalue weighted by molar-refractivity contribution is -0.146. The molecule has 2 aliphatic heterocycles. The molecule has 2 rings (SSSR count). The molecule has 0 saturated carbocycles. The molecular formula is C36H62N12O11. The Labute approximate surface area is 342 Å². The molecule has 2 saturated heterocycles. The SMILES string of the molecule is CC[C@H](C)[C@H](NC(=O)[C@@H]1CCCN1C(=O)[C@H](CCCNC(=N)N)NC(=O)[C@H](CCC(N)=O)NC(=O)[C@@H]1CCCN1C(=O)[C@H](C)NC(=O)[C@H](C)NC(=O)[C@@H](N)CO)C(=O)O. The molecule has 0 bridgehead atoms. The standard InChI is InChI=1S/C36H62N12O11/c1-5-18(2)27(35(58)59)46-32(55)25-11-8-16-48(25)34(57)23(9-6-14-41-36(39)40)45-30(53)22(12-13-26(38)50)44-31(54)24-10-7-15-47(24)33(56)20(4)43-28(51)19(3)42-29(52)21(37)17-49/h18-25,27,49H,5-17,37H2,1-4H3,(H2,38,50)(H,42,52)(H,43,51)(H,44,54)(H,45,53)(H,46,55)(H,58,59)(H4,39,40,41)/t18-,19-,20-,21-,22-,23-,24-,25-,27-/m0/s1. The Bertz CT molecular complexity index is 1560. The molecule has 15 N–H and O–H groups in total. The number of carbonyl (C=O) groups excluding carboxylic acids is 8. The largest absolute Gasteiger partial charge is 0.480 e. The molecule has 0 aromatic carbocycles. The van der Waals surface area contributed by atoms with Crippen molar-refractivity contribution in [2.45, 2.75) is 134 Å². The van der Waals surface area contributed by atoms with Gasteiger partial charge in [0.1, 0.15) is 48.3 Å². The van der Waals surface area contributed by atoms with Crippen LogP contribution in [-0.4, -0.2) is 154 Å². The van der Waals surface area contributed by atoms with Crippen LogP contribution in [0.5, 0.6) is 0 Å². The molecule has 0 radical (unpaired) electrons. The Kier molecular flexibility index (Phi) is 19.9. The van der Waals surface area contributed by atoms with Gasteiger partial charge < -0.3 is 69.1 Å². The third-order valence-corrected chi connectivity index (χ3v) is 10.4. The number of hydrogen-bond acceptors (Lipinski definition) is 12. The molecule has 0 aromatic rings. The van der Waals surface area contributed by atoms with Gasteiger partial charge in [-0.15, -0.1) is 0 Å². The summed E-state index contributed by atoms with van der Waals surface area (Å²) in [6.07, 6.45) is 1.29. The number of carbonyl (C=O) groups is 9. The second kappa shape index (κ2) is 23.7. The fourth-order valence-electron chi connectivity index (χ4n) is 6.74. The minimum Gasteiger partial charge on any atom is -0.480 e. The predicted octanol–water partition coefficient (Wildman–Crippen LogP) is -4.59. The zero-order valence-corrected chi connectivity index (χ0v) is 34.1. The lowest BCUT2D eigenvalue weighted by Crippen LogP contribution is -2.59. The molecule has 0 unspecified atom stereocenters. The highest BCUT2D eigenvalue weighted by Crippen LogP contribution is 2.22. The first-order valence-corrected chi connectivity index (χ1v) is 19.8. The highest BCUT2D eigenvalue weighted by Gasteiger charge is 2.41. The van der Waals surface area contributed by atoms with Crippen molar-refractivity contribution in [3.63, 3.8) is 0 Å². The summed E-state index contributed by atoms with van der Waals surface area (Å²) >= 11 is 0. The van der Waals surface area contributed by atoms with Crippen molar-refractivity contribution < 1.29 is 53.4 Å². The zero-order chi connectivity index (χ0) is 44.6. The van der Waals surface area contributed by atoms with Gasteiger partial charge in [-0.25, -0.2) is 4.79 Å². The highest BCUT2D eigenvalue weighted by molar-refractivity contribution is 5.98. The lowest BCUT2D eigenvalue weighted by atomic mass is 9.98. The Morgan fingerprint density at radius 3 is 1.83 bits per heavy atom. The summed E-state index contributed by atoms with van der Waals surface area (Å²) in [7, 11) is 0. The number of carboxylic acids is 1. The second-order valence-corrected chi connectivity index (χ2v) is 14.9. The number of rotatable bonds is 23. The Balaban J connectivity index is 2.26. The Morgan fingerprint density at radius 2 is 1.31 bits per heavy atom. The topological polar surface area (TPSA) is 375 Å². The molecule has 0 spiro atoms. The number of primary amides is 1. The average molecular weight is 839 g/mol. The fraction of sp³-hybridized carbons (Fsp3) is 0.722. The van der Waals surface area contributed by atoms with Gasteiger partial charge in [-0.3, -0.25) is 43.8 Å². The molecule has 9 atom stereocenters. The number of guanidine groups is 1. The van der Waals surface area contributed by atoms with Gasteiger partial charge in [0.15, 0.2) is 5.96 Å². The number of nitrogens with zero attached hydrogens (tertiary/aromatic N) is 2. The van der Waals surface area contributed by atoms with E-state index in [-0.39, 0.29) is 64.1 Å². The van der Waals surface area contributed by atoms with E-state index in [4.69, 9.17) is 27.7 Å². The van der Waals surface area contributed by atoms with Crippen LogP contribution in [0.3, 0.4) is 0 Å². The van der Waals surface area contributed by atoms with E-state index in [0.29, 0.717) is 19.3 Å². The number of carboxylic acid groups (broad SMARTS) is 1. The summed E-state index contributed by atoms with van der Waals surface area (Å²) in [6.45, 7) is 5.96. The molecule has 23 heteroatoms. The van der Waals surface area contributed by atoms with Crippen molar-refractivity contribution in [3.05, 3.63) is 0 Å². The number of aliphatic carboxylic acids is 1. The van der Waals surface area contributed by atoms with Crippen LogP contribution < -0.4 is 49.1 Å². The van der Waals surface area contributed by atoms with Crippen molar-refractivity contribution in [2.24, 2.45) is 23.1 Å². The van der Waals surface area contributed by atoms with E-state index in [1.165, 1.54) is 23.6 Å². The van der Waals surface area contributed by atoms with Crippen molar-refractivity contribution in [1.82, 2.24) is 41.7 Å². The van der Waals surface area contributed by atoms with Gasteiger partial charge in [0.25, 0.3) is 0 Å². The third-order valence-electron chi connectivity index (χ3n) is 10.4. The summed E-state index contributed by atoms with van der Waals surface area (Å²) in [5.74, 6) is -7.80. The maximum Gasteiger partial charge on any atom is 0.326 e. The molecule has 2 aliphatic rings. The summed E-state index contributed by atoms with van der Waals surface area (Å²) in [4.78, 5) is 120. The van der Waals surface area contributed by atoms with Crippen molar-refractivity contribution in [2.75, 3.05) is 26.2 Å². The van der Waals surface area contributed by atoms with Gasteiger partial charge >= 0.3 is 5.97 Å². The van der Waals surface area contributed by atoms with Crippen LogP contribution in [-0.2, 0) is 43.2 Å². The molecule has 23 nitrogen and oxygen atoms in total. The molecule has 2 fully saturated rings. The first-order chi connectivity index (χ1) is 27.7. The van der Waals surface area contributed by atoms with Gasteiger partial charge in [-0.1, -0.05) is 20.3 Å². The van der Waals surface area contributed by atoms with Crippen LogP contribution in [0.2, 0.25) is 0 Å². The number of aliphatic hydroxyl groups is 1. The van der Waals surface area contributed by atoms with E-state index in [0.717, 1.165) is 0 Å². The highest BCUT2D eigenvalue weighted by atomic mass is 16.4. The Morgan fingerprint density at radius 1 is 0.746 bits per heavy atom. The summed E-state index contributed by atoms with van der Waals surface area (Å²) < 4.78 is 0. The fourth-order valence-corrected chi connectivity index (χ4v) is 6.74. The van der Waals surface area contributed by atoms with Gasteiger partial charge in [0, 0.05) is 26.1 Å². The van der Waals surface area contributed by atoms with Crippen LogP contribution >= 0.6 is 0 Å². The van der Waals surface area contributed by atoms with Crippen LogP contribution in [0, 0.1) is 11.3 Å². The average Bonchev–Trinajstić information content (AvgIpc) is 3.89. The van der Waals surface area contributed by atoms with E-state index in [9.17, 15) is 48.3 Å². The number of aliphatic hydroxyl groups excluding tert-OH is 1. The van der Waals surface area contributed by atoms with Crippen LogP contribution in [0.1, 0.15) is 85.5 Å². The number of nitrogens with one attached hydrogen (secondary N) is 7. The number of hydrogen-bond donors (Lipinski definition) is 12. The van der Waals surface area contributed by atoms with Crippen LogP contribution in [0.4, 0.5) is 0 Å². The van der Waals surface area contributed by atoms with E-state index in [2.05, 4.69) is 31.9 Å². The minimum atomic E-state index is -1.42. The quantitative estimate of drug-likeness (QED) is 0.0262. The van der Waals surface area contributed by atoms with Crippen LogP contribution in [0.25, 0.3) is 0 Å². The molecule has 0 aliphatic carbocycles. The van der Waals surface area contributed by atoms with E-state index in [1.807, 2.05) is 0 Å². The number of likely N-dealkylation sites (tertiary alicyclic amines) is 2. The molecule has 8 amide bonds. The predicted molar refractivity (Wildman–Crippen MR) is 210 cm³/mol. The maximum atomic E-state index is 14.1. The monoisotopic (exact) mass is 838 g/mol. The van der Waals surface area contributed by atoms with Crippen molar-refractivity contribution in [3.8, 4) is 0 Å². The van der Waals surface area contributed by atoms with Gasteiger partial charge in [0.05, 0.1) is 6.61 Å². The first-order valence-electron chi connectivity index (χ1n) is 19.8. The number of nitrogens with two attached hydrogens (primary N) is 3. The molecule has 2 heterocycles. The number of amides is 8. The van der Waals surface area contributed by atoms with Gasteiger partial charge in [0.2, 0.25) is 47.3 Å². The zero-order valence-electron chi connectivity index (χ0n) is 34.1. The minimum absolute atomic E-state index is 0.0121. The molecule has 59 heavy (non-hydrogen) atoms. The summed E-state index contributed by atoms with van der Waals surface area (Å²) in [5, 5.41) is 41.4. The van der Waals surface area contributed by atoms with E-state index in [1.54, 1.807) is 13.8 Å². The van der Waals surface area contributed by atoms with Gasteiger partial charge in [-0.05, 0) is 64.7 Å². The normalized spacial score (nSPS) is 19.8. The van der Waals surface area contributed by atoms with E-state index < -0.39 is 114 Å². The van der Waals surface area contributed by atoms with Gasteiger partial charge in [-0.2, -0.15) is 0 Å². The van der Waals surface area contributed by atoms with Crippen molar-refractivity contribution in [1.29, 1.82) is 5.41 Å². The molecule has 0 aromatic heterocycles. The van der Waals surface area contributed by atoms with Crippen LogP contribution in [0.15, 0.2) is 0 Å². The molecule has 332 valence electrons. The van der Waals surface area contributed by atoms with Crippen molar-refractivity contribution >= 4 is 59.2 Å². The third kappa shape index (κ3) is 14.9. The molecular weight excluding hydrogens is 776 g/mol.